The lowest BCUT2D eigenvalue weighted by molar-refractivity contribution is 0.0474. The smallest absolute Gasteiger partial charge is 0.123 e. The molecule has 0 fully saturated rings. The third kappa shape index (κ3) is 4.27. The van der Waals surface area contributed by atoms with E-state index in [1.807, 2.05) is 12.1 Å². The number of rotatable bonds is 7. The van der Waals surface area contributed by atoms with Gasteiger partial charge in [-0.05, 0) is 45.0 Å². The predicted molar refractivity (Wildman–Crippen MR) is 76.7 cm³/mol. The summed E-state index contributed by atoms with van der Waals surface area (Å²) in [4.78, 5) is 2.24. The van der Waals surface area contributed by atoms with Gasteiger partial charge in [0, 0.05) is 25.2 Å². The van der Waals surface area contributed by atoms with Gasteiger partial charge in [-0.15, -0.1) is 0 Å². The third-order valence-corrected chi connectivity index (χ3v) is 3.86. The zero-order valence-electron chi connectivity index (χ0n) is 12.3. The molecule has 2 N–H and O–H groups in total. The Kier molecular flexibility index (Phi) is 5.91. The Morgan fingerprint density at radius 1 is 1.37 bits per heavy atom. The van der Waals surface area contributed by atoms with Crippen LogP contribution in [0.5, 0.6) is 0 Å². The number of nitrogens with zero attached hydrogens (tertiary/aromatic N) is 1. The average molecular weight is 268 g/mol. The lowest BCUT2D eigenvalue weighted by Gasteiger charge is -2.42. The Labute approximate surface area is 115 Å². The quantitative estimate of drug-likeness (QED) is 0.822. The Hall–Kier alpha value is -0.970. The molecule has 0 heterocycles. The van der Waals surface area contributed by atoms with Gasteiger partial charge in [0.2, 0.25) is 0 Å². The van der Waals surface area contributed by atoms with Crippen LogP contribution in [0, 0.1) is 5.82 Å². The van der Waals surface area contributed by atoms with Crippen LogP contribution in [0.25, 0.3) is 0 Å². The van der Waals surface area contributed by atoms with Crippen LogP contribution in [0.1, 0.15) is 19.4 Å². The van der Waals surface area contributed by atoms with Crippen molar-refractivity contribution in [3.8, 4) is 0 Å². The van der Waals surface area contributed by atoms with Gasteiger partial charge in [-0.25, -0.2) is 4.39 Å². The summed E-state index contributed by atoms with van der Waals surface area (Å²) < 4.78 is 18.1. The predicted octanol–water partition coefficient (Wildman–Crippen LogP) is 2.05. The van der Waals surface area contributed by atoms with E-state index in [1.165, 1.54) is 12.1 Å². The Balaban J connectivity index is 2.81. The summed E-state index contributed by atoms with van der Waals surface area (Å²) in [6, 6.07) is 6.89. The molecule has 2 unspecified atom stereocenters. The summed E-state index contributed by atoms with van der Waals surface area (Å²) in [5.41, 5.74) is 6.88. The van der Waals surface area contributed by atoms with Crippen molar-refractivity contribution >= 4 is 0 Å². The van der Waals surface area contributed by atoms with E-state index in [1.54, 1.807) is 7.11 Å². The monoisotopic (exact) mass is 268 g/mol. The van der Waals surface area contributed by atoms with Crippen molar-refractivity contribution in [3.63, 3.8) is 0 Å². The van der Waals surface area contributed by atoms with Crippen molar-refractivity contribution in [2.24, 2.45) is 5.73 Å². The minimum atomic E-state index is -0.209. The zero-order chi connectivity index (χ0) is 14.5. The maximum absolute atomic E-state index is 12.9. The molecule has 2 atom stereocenters. The number of nitrogens with two attached hydrogens (primary N) is 1. The molecule has 0 bridgehead atoms. The number of methoxy groups -OCH3 is 1. The molecule has 0 aliphatic heterocycles. The Morgan fingerprint density at radius 2 is 1.95 bits per heavy atom. The molecular formula is C15H25FN2O. The molecule has 0 saturated carbocycles. The maximum atomic E-state index is 12.9. The van der Waals surface area contributed by atoms with Crippen LogP contribution < -0.4 is 5.73 Å². The van der Waals surface area contributed by atoms with Crippen molar-refractivity contribution in [1.82, 2.24) is 4.90 Å². The Bertz CT molecular complexity index is 382. The van der Waals surface area contributed by atoms with Gasteiger partial charge >= 0.3 is 0 Å². The first-order valence-corrected chi connectivity index (χ1v) is 6.59. The second-order valence-corrected chi connectivity index (χ2v) is 5.42. The fourth-order valence-electron chi connectivity index (χ4n) is 2.27. The van der Waals surface area contributed by atoms with Gasteiger partial charge in [-0.2, -0.15) is 0 Å². The molecule has 0 saturated heterocycles. The SMILES string of the molecule is COCC(C)N(C)C(C)(CN)Cc1ccc(F)cc1. The van der Waals surface area contributed by atoms with E-state index in [0.29, 0.717) is 13.2 Å². The number of likely N-dealkylation sites (N-methyl/N-ethyl adjacent to an activating group) is 1. The molecule has 0 spiro atoms. The highest BCUT2D eigenvalue weighted by molar-refractivity contribution is 5.19. The highest BCUT2D eigenvalue weighted by Gasteiger charge is 2.31. The molecule has 0 aliphatic carbocycles. The number of hydrogen-bond acceptors (Lipinski definition) is 3. The van der Waals surface area contributed by atoms with Gasteiger partial charge in [0.15, 0.2) is 0 Å². The molecule has 0 aromatic heterocycles. The largest absolute Gasteiger partial charge is 0.383 e. The molecule has 108 valence electrons. The van der Waals surface area contributed by atoms with Crippen molar-refractivity contribution in [1.29, 1.82) is 0 Å². The number of halogens is 1. The summed E-state index contributed by atoms with van der Waals surface area (Å²) in [6.45, 7) is 5.44. The van der Waals surface area contributed by atoms with Crippen molar-refractivity contribution < 1.29 is 9.13 Å². The number of benzene rings is 1. The number of hydrogen-bond donors (Lipinski definition) is 1. The van der Waals surface area contributed by atoms with Crippen LogP contribution in [0.2, 0.25) is 0 Å². The number of ether oxygens (including phenoxy) is 1. The van der Waals surface area contributed by atoms with E-state index in [0.717, 1.165) is 12.0 Å². The van der Waals surface area contributed by atoms with Crippen LogP contribution in [0.15, 0.2) is 24.3 Å². The molecule has 0 amide bonds. The lowest BCUT2D eigenvalue weighted by atomic mass is 9.90. The molecule has 3 nitrogen and oxygen atoms in total. The molecule has 4 heteroatoms. The standard InChI is InChI=1S/C15H25FN2O/c1-12(10-19-4)18(3)15(2,11-17)9-13-5-7-14(16)8-6-13/h5-8,12H,9-11,17H2,1-4H3. The first kappa shape index (κ1) is 16.1. The first-order chi connectivity index (χ1) is 8.92. The summed E-state index contributed by atoms with van der Waals surface area (Å²) in [6.07, 6.45) is 0.786. The van der Waals surface area contributed by atoms with Crippen LogP contribution in [-0.2, 0) is 11.2 Å². The fourth-order valence-corrected chi connectivity index (χ4v) is 2.27. The molecule has 19 heavy (non-hydrogen) atoms. The van der Waals surface area contributed by atoms with Gasteiger partial charge in [-0.3, -0.25) is 4.90 Å². The first-order valence-electron chi connectivity index (χ1n) is 6.59. The summed E-state index contributed by atoms with van der Waals surface area (Å²) in [7, 11) is 3.75. The second-order valence-electron chi connectivity index (χ2n) is 5.42. The van der Waals surface area contributed by atoms with Gasteiger partial charge in [0.25, 0.3) is 0 Å². The normalized spacial score (nSPS) is 16.4. The van der Waals surface area contributed by atoms with Gasteiger partial charge < -0.3 is 10.5 Å². The van der Waals surface area contributed by atoms with Crippen LogP contribution in [-0.4, -0.2) is 43.8 Å². The molecule has 1 rings (SSSR count). The molecular weight excluding hydrogens is 243 g/mol. The van der Waals surface area contributed by atoms with E-state index in [-0.39, 0.29) is 17.4 Å². The summed E-state index contributed by atoms with van der Waals surface area (Å²) in [5, 5.41) is 0. The average Bonchev–Trinajstić information content (AvgIpc) is 2.40. The molecule has 0 aliphatic rings. The second kappa shape index (κ2) is 6.98. The zero-order valence-corrected chi connectivity index (χ0v) is 12.3. The van der Waals surface area contributed by atoms with Gasteiger partial charge in [0.05, 0.1) is 6.61 Å². The summed E-state index contributed by atoms with van der Waals surface area (Å²) >= 11 is 0. The third-order valence-electron chi connectivity index (χ3n) is 3.86. The maximum Gasteiger partial charge on any atom is 0.123 e. The van der Waals surface area contributed by atoms with E-state index in [9.17, 15) is 4.39 Å². The van der Waals surface area contributed by atoms with Crippen molar-refractivity contribution in [2.75, 3.05) is 27.3 Å². The van der Waals surface area contributed by atoms with E-state index >= 15 is 0 Å². The molecule has 1 aromatic carbocycles. The van der Waals surface area contributed by atoms with Crippen molar-refractivity contribution in [3.05, 3.63) is 35.6 Å². The van der Waals surface area contributed by atoms with Gasteiger partial charge in [-0.1, -0.05) is 12.1 Å². The Morgan fingerprint density at radius 3 is 2.42 bits per heavy atom. The summed E-state index contributed by atoms with van der Waals surface area (Å²) in [5.74, 6) is -0.209. The van der Waals surface area contributed by atoms with Crippen LogP contribution in [0.3, 0.4) is 0 Å². The van der Waals surface area contributed by atoms with E-state index in [2.05, 4.69) is 25.8 Å². The minimum absolute atomic E-state index is 0.171. The molecule has 0 radical (unpaired) electrons. The van der Waals surface area contributed by atoms with Gasteiger partial charge in [0.1, 0.15) is 5.82 Å². The fraction of sp³-hybridized carbons (Fsp3) is 0.600. The van der Waals surface area contributed by atoms with E-state index < -0.39 is 0 Å². The van der Waals surface area contributed by atoms with Crippen LogP contribution in [0.4, 0.5) is 4.39 Å². The van der Waals surface area contributed by atoms with Crippen LogP contribution >= 0.6 is 0 Å². The highest BCUT2D eigenvalue weighted by atomic mass is 19.1. The molecule has 1 aromatic rings. The lowest BCUT2D eigenvalue weighted by Crippen LogP contribution is -2.55. The van der Waals surface area contributed by atoms with Crippen molar-refractivity contribution in [2.45, 2.75) is 31.8 Å². The van der Waals surface area contributed by atoms with E-state index in [4.69, 9.17) is 10.5 Å². The minimum Gasteiger partial charge on any atom is -0.383 e. The topological polar surface area (TPSA) is 38.5 Å². The highest BCUT2D eigenvalue weighted by Crippen LogP contribution is 2.21.